The summed E-state index contributed by atoms with van der Waals surface area (Å²) in [7, 11) is 0. The maximum absolute atomic E-state index is 5.80. The lowest BCUT2D eigenvalue weighted by Gasteiger charge is -2.22. The van der Waals surface area contributed by atoms with Crippen LogP contribution < -0.4 is 11.1 Å². The fourth-order valence-corrected chi connectivity index (χ4v) is 1.88. The van der Waals surface area contributed by atoms with Crippen molar-refractivity contribution in [1.82, 2.24) is 5.32 Å². The molecule has 10 heavy (non-hydrogen) atoms. The van der Waals surface area contributed by atoms with Gasteiger partial charge in [-0.1, -0.05) is 0 Å². The van der Waals surface area contributed by atoms with Crippen LogP contribution in [0.2, 0.25) is 0 Å². The molecular formula is C7H15ClN2. The Hall–Kier alpha value is 0.210. The molecule has 0 amide bonds. The molecule has 1 atom stereocenters. The standard InChI is InChI=1S/C7H14N2.ClH/c8-6-5-7(6)1-3-9-4-2-7;/h6,9H,1-5,8H2;1H. The van der Waals surface area contributed by atoms with Crippen LogP contribution >= 0.6 is 12.4 Å². The third-order valence-corrected chi connectivity index (χ3v) is 2.85. The molecule has 0 aromatic carbocycles. The van der Waals surface area contributed by atoms with Crippen molar-refractivity contribution in [3.8, 4) is 0 Å². The SMILES string of the molecule is Cl.NC1CC12CCNCC2. The molecule has 1 heterocycles. The van der Waals surface area contributed by atoms with E-state index < -0.39 is 0 Å². The van der Waals surface area contributed by atoms with Crippen molar-refractivity contribution < 1.29 is 0 Å². The zero-order valence-electron chi connectivity index (χ0n) is 6.10. The Balaban J connectivity index is 0.000000500. The number of hydrogen-bond acceptors (Lipinski definition) is 2. The van der Waals surface area contributed by atoms with Crippen LogP contribution in [0.1, 0.15) is 19.3 Å². The van der Waals surface area contributed by atoms with E-state index in [9.17, 15) is 0 Å². The van der Waals surface area contributed by atoms with Gasteiger partial charge in [0.2, 0.25) is 0 Å². The van der Waals surface area contributed by atoms with Gasteiger partial charge in [0.05, 0.1) is 0 Å². The fourth-order valence-electron chi connectivity index (χ4n) is 1.88. The van der Waals surface area contributed by atoms with Crippen LogP contribution in [0.15, 0.2) is 0 Å². The highest BCUT2D eigenvalue weighted by Crippen LogP contribution is 2.51. The first kappa shape index (κ1) is 8.31. The van der Waals surface area contributed by atoms with E-state index >= 15 is 0 Å². The molecule has 3 N–H and O–H groups in total. The van der Waals surface area contributed by atoms with E-state index in [1.165, 1.54) is 32.4 Å². The van der Waals surface area contributed by atoms with Crippen LogP contribution in [0.4, 0.5) is 0 Å². The monoisotopic (exact) mass is 162 g/mol. The lowest BCUT2D eigenvalue weighted by molar-refractivity contribution is 0.342. The van der Waals surface area contributed by atoms with Crippen LogP contribution in [-0.2, 0) is 0 Å². The molecule has 60 valence electrons. The van der Waals surface area contributed by atoms with Gasteiger partial charge in [-0.3, -0.25) is 0 Å². The van der Waals surface area contributed by atoms with Crippen LogP contribution in [-0.4, -0.2) is 19.1 Å². The maximum atomic E-state index is 5.80. The summed E-state index contributed by atoms with van der Waals surface area (Å²) in [6.45, 7) is 2.38. The molecule has 1 saturated carbocycles. The van der Waals surface area contributed by atoms with E-state index in [1.54, 1.807) is 0 Å². The molecular weight excluding hydrogens is 148 g/mol. The molecule has 1 unspecified atom stereocenters. The van der Waals surface area contributed by atoms with Crippen molar-refractivity contribution in [3.05, 3.63) is 0 Å². The summed E-state index contributed by atoms with van der Waals surface area (Å²) < 4.78 is 0. The van der Waals surface area contributed by atoms with Gasteiger partial charge in [0, 0.05) is 6.04 Å². The second-order valence-corrected chi connectivity index (χ2v) is 3.42. The highest BCUT2D eigenvalue weighted by atomic mass is 35.5. The van der Waals surface area contributed by atoms with Gasteiger partial charge in [-0.25, -0.2) is 0 Å². The molecule has 3 heteroatoms. The van der Waals surface area contributed by atoms with Crippen molar-refractivity contribution in [2.75, 3.05) is 13.1 Å². The van der Waals surface area contributed by atoms with Gasteiger partial charge in [0.15, 0.2) is 0 Å². The van der Waals surface area contributed by atoms with Crippen molar-refractivity contribution in [1.29, 1.82) is 0 Å². The third-order valence-electron chi connectivity index (χ3n) is 2.85. The highest BCUT2D eigenvalue weighted by molar-refractivity contribution is 5.85. The first-order valence-corrected chi connectivity index (χ1v) is 3.80. The Bertz CT molecular complexity index is 121. The number of piperidine rings is 1. The molecule has 0 aromatic rings. The third kappa shape index (κ3) is 1.16. The van der Waals surface area contributed by atoms with E-state index in [1.807, 2.05) is 0 Å². The highest BCUT2D eigenvalue weighted by Gasteiger charge is 2.51. The zero-order valence-corrected chi connectivity index (χ0v) is 6.91. The van der Waals surface area contributed by atoms with Crippen LogP contribution in [0.25, 0.3) is 0 Å². The first-order chi connectivity index (χ1) is 4.33. The van der Waals surface area contributed by atoms with Crippen LogP contribution in [0.5, 0.6) is 0 Å². The van der Waals surface area contributed by atoms with Crippen molar-refractivity contribution in [3.63, 3.8) is 0 Å². The summed E-state index contributed by atoms with van der Waals surface area (Å²) in [6, 6.07) is 0.541. The summed E-state index contributed by atoms with van der Waals surface area (Å²) in [5.74, 6) is 0. The van der Waals surface area contributed by atoms with Gasteiger partial charge < -0.3 is 11.1 Å². The zero-order chi connectivity index (χ0) is 6.32. The fraction of sp³-hybridized carbons (Fsp3) is 1.00. The van der Waals surface area contributed by atoms with Gasteiger partial charge in [-0.05, 0) is 37.8 Å². The summed E-state index contributed by atoms with van der Waals surface area (Å²) in [4.78, 5) is 0. The normalized spacial score (nSPS) is 35.1. The smallest absolute Gasteiger partial charge is 0.0103 e. The van der Waals surface area contributed by atoms with E-state index in [0.717, 1.165) is 0 Å². The van der Waals surface area contributed by atoms with E-state index in [4.69, 9.17) is 5.73 Å². The minimum Gasteiger partial charge on any atom is -0.327 e. The van der Waals surface area contributed by atoms with Crippen molar-refractivity contribution in [2.24, 2.45) is 11.1 Å². The predicted molar refractivity (Wildman–Crippen MR) is 44.4 cm³/mol. The Morgan fingerprint density at radius 2 is 1.80 bits per heavy atom. The summed E-state index contributed by atoms with van der Waals surface area (Å²) in [5.41, 5.74) is 6.41. The molecule has 1 aliphatic heterocycles. The Kier molecular flexibility index (Phi) is 2.23. The number of halogens is 1. The predicted octanol–water partition coefficient (Wildman–Crippen LogP) is 0.509. The molecule has 1 aliphatic carbocycles. The topological polar surface area (TPSA) is 38.0 Å². The maximum Gasteiger partial charge on any atom is 0.0103 e. The lowest BCUT2D eigenvalue weighted by Crippen LogP contribution is -2.31. The number of nitrogens with two attached hydrogens (primary N) is 1. The largest absolute Gasteiger partial charge is 0.327 e. The summed E-state index contributed by atoms with van der Waals surface area (Å²) in [5, 5.41) is 3.35. The molecule has 1 spiro atoms. The van der Waals surface area contributed by atoms with Crippen molar-refractivity contribution in [2.45, 2.75) is 25.3 Å². The quantitative estimate of drug-likeness (QED) is 0.545. The average molecular weight is 163 g/mol. The number of nitrogens with one attached hydrogen (secondary N) is 1. The van der Waals surface area contributed by atoms with Crippen LogP contribution in [0, 0.1) is 5.41 Å². The molecule has 0 bridgehead atoms. The molecule has 0 aromatic heterocycles. The molecule has 0 radical (unpaired) electrons. The first-order valence-electron chi connectivity index (χ1n) is 3.80. The van der Waals surface area contributed by atoms with E-state index in [-0.39, 0.29) is 12.4 Å². The molecule has 2 nitrogen and oxygen atoms in total. The number of hydrogen-bond donors (Lipinski definition) is 2. The van der Waals surface area contributed by atoms with Gasteiger partial charge in [-0.2, -0.15) is 0 Å². The molecule has 2 aliphatic rings. The molecule has 2 fully saturated rings. The minimum absolute atomic E-state index is 0. The second kappa shape index (κ2) is 2.68. The van der Waals surface area contributed by atoms with Gasteiger partial charge in [0.1, 0.15) is 0 Å². The minimum atomic E-state index is 0. The summed E-state index contributed by atoms with van der Waals surface area (Å²) >= 11 is 0. The van der Waals surface area contributed by atoms with Gasteiger partial charge in [0.25, 0.3) is 0 Å². The second-order valence-electron chi connectivity index (χ2n) is 3.42. The average Bonchev–Trinajstić information content (AvgIpc) is 2.44. The summed E-state index contributed by atoms with van der Waals surface area (Å²) in [6.07, 6.45) is 3.91. The van der Waals surface area contributed by atoms with Gasteiger partial charge in [-0.15, -0.1) is 12.4 Å². The lowest BCUT2D eigenvalue weighted by atomic mass is 9.94. The molecule has 2 rings (SSSR count). The number of rotatable bonds is 0. The van der Waals surface area contributed by atoms with Gasteiger partial charge >= 0.3 is 0 Å². The van der Waals surface area contributed by atoms with E-state index in [0.29, 0.717) is 11.5 Å². The van der Waals surface area contributed by atoms with Crippen molar-refractivity contribution >= 4 is 12.4 Å². The molecule has 1 saturated heterocycles. The Labute approximate surface area is 68.0 Å². The van der Waals surface area contributed by atoms with E-state index in [2.05, 4.69) is 5.32 Å². The Morgan fingerprint density at radius 3 is 2.10 bits per heavy atom. The Morgan fingerprint density at radius 1 is 1.30 bits per heavy atom. The van der Waals surface area contributed by atoms with Crippen LogP contribution in [0.3, 0.4) is 0 Å².